The quantitative estimate of drug-likeness (QED) is 0.746. The van der Waals surface area contributed by atoms with Crippen LogP contribution in [0, 0.1) is 0 Å². The molecule has 0 unspecified atom stereocenters. The van der Waals surface area contributed by atoms with Gasteiger partial charge in [0.25, 0.3) is 5.91 Å². The number of hydrogen-bond acceptors (Lipinski definition) is 4. The van der Waals surface area contributed by atoms with E-state index in [0.717, 1.165) is 37.6 Å². The smallest absolute Gasteiger partial charge is 0.282 e. The van der Waals surface area contributed by atoms with E-state index in [4.69, 9.17) is 4.74 Å². The van der Waals surface area contributed by atoms with Gasteiger partial charge in [0.1, 0.15) is 5.75 Å². The van der Waals surface area contributed by atoms with Crippen molar-refractivity contribution in [3.63, 3.8) is 0 Å². The molecule has 1 heterocycles. The van der Waals surface area contributed by atoms with Gasteiger partial charge in [0.2, 0.25) is 0 Å². The predicted molar refractivity (Wildman–Crippen MR) is 110 cm³/mol. The number of carbonyl (C=O) groups excluding carboxylic acids is 2. The van der Waals surface area contributed by atoms with Crippen LogP contribution in [0.1, 0.15) is 24.2 Å². The molecule has 0 bridgehead atoms. The molecule has 1 aliphatic rings. The molecule has 148 valence electrons. The number of piperazine rings is 1. The van der Waals surface area contributed by atoms with Gasteiger partial charge in [0.05, 0.1) is 44.7 Å². The summed E-state index contributed by atoms with van der Waals surface area (Å²) in [7, 11) is 1.69. The molecule has 1 aliphatic heterocycles. The van der Waals surface area contributed by atoms with E-state index < -0.39 is 0 Å². The first-order valence-electron chi connectivity index (χ1n) is 9.64. The fourth-order valence-electron chi connectivity index (χ4n) is 3.68. The minimum absolute atomic E-state index is 0.0543. The lowest BCUT2D eigenvalue weighted by Crippen LogP contribution is -3.19. The second kappa shape index (κ2) is 8.89. The highest BCUT2D eigenvalue weighted by Gasteiger charge is 2.30. The van der Waals surface area contributed by atoms with Crippen molar-refractivity contribution in [1.29, 1.82) is 0 Å². The van der Waals surface area contributed by atoms with Gasteiger partial charge in [0, 0.05) is 5.56 Å². The monoisotopic (exact) mass is 382 g/mol. The average Bonchev–Trinajstić information content (AvgIpc) is 2.73. The number of nitrogens with zero attached hydrogens (tertiary/aromatic N) is 1. The number of nitrogens with one attached hydrogen (secondary N) is 2. The first-order chi connectivity index (χ1) is 13.5. The largest absolute Gasteiger partial charge is 0.495 e. The summed E-state index contributed by atoms with van der Waals surface area (Å²) in [5.41, 5.74) is 2.22. The fraction of sp³-hybridized carbons (Fsp3) is 0.364. The molecule has 0 saturated carbocycles. The summed E-state index contributed by atoms with van der Waals surface area (Å²) in [4.78, 5) is 28.1. The van der Waals surface area contributed by atoms with Crippen LogP contribution in [0.5, 0.6) is 5.75 Å². The minimum atomic E-state index is -0.195. The van der Waals surface area contributed by atoms with Crippen molar-refractivity contribution >= 4 is 23.1 Å². The second-order valence-electron chi connectivity index (χ2n) is 7.13. The molecule has 2 aromatic rings. The lowest BCUT2D eigenvalue weighted by Gasteiger charge is -2.36. The number of Topliss-reactive ketones (excluding diaryl/α,β-unsaturated/α-hetero) is 1. The van der Waals surface area contributed by atoms with Gasteiger partial charge in [-0.15, -0.1) is 0 Å². The number of carbonyl (C=O) groups is 2. The van der Waals surface area contributed by atoms with Crippen LogP contribution in [0.15, 0.2) is 48.5 Å². The Kier molecular flexibility index (Phi) is 6.31. The van der Waals surface area contributed by atoms with Crippen LogP contribution in [0.2, 0.25) is 0 Å². The van der Waals surface area contributed by atoms with Crippen LogP contribution in [-0.2, 0) is 4.79 Å². The van der Waals surface area contributed by atoms with Crippen LogP contribution in [-0.4, -0.2) is 51.0 Å². The van der Waals surface area contributed by atoms with Crippen molar-refractivity contribution in [3.8, 4) is 5.75 Å². The summed E-state index contributed by atoms with van der Waals surface area (Å²) < 4.78 is 5.47. The summed E-state index contributed by atoms with van der Waals surface area (Å²) in [5.74, 6) is 0.758. The molecule has 0 spiro atoms. The standard InChI is InChI=1S/C22H27N3O3/c1-16(22(27)23-19-9-5-4-8-18(19)17(2)26)24-12-14-25(15-13-24)20-10-6-7-11-21(20)28-3/h4-11,16H,12-15H2,1-3H3,(H,23,27)/p+1/t16-/m1/s1. The highest BCUT2D eigenvalue weighted by atomic mass is 16.5. The molecule has 28 heavy (non-hydrogen) atoms. The maximum Gasteiger partial charge on any atom is 0.282 e. The van der Waals surface area contributed by atoms with Crippen molar-refractivity contribution in [2.24, 2.45) is 0 Å². The zero-order valence-electron chi connectivity index (χ0n) is 16.7. The highest BCUT2D eigenvalue weighted by molar-refractivity contribution is 6.04. The van der Waals surface area contributed by atoms with E-state index in [9.17, 15) is 9.59 Å². The van der Waals surface area contributed by atoms with Gasteiger partial charge in [-0.1, -0.05) is 24.3 Å². The van der Waals surface area contributed by atoms with Crippen LogP contribution in [0.4, 0.5) is 11.4 Å². The fourth-order valence-corrected chi connectivity index (χ4v) is 3.68. The second-order valence-corrected chi connectivity index (χ2v) is 7.13. The lowest BCUT2D eigenvalue weighted by atomic mass is 10.1. The number of benzene rings is 2. The Balaban J connectivity index is 1.61. The van der Waals surface area contributed by atoms with E-state index >= 15 is 0 Å². The van der Waals surface area contributed by atoms with Crippen molar-refractivity contribution in [2.75, 3.05) is 43.5 Å². The molecular weight excluding hydrogens is 354 g/mol. The molecule has 1 fully saturated rings. The summed E-state index contributed by atoms with van der Waals surface area (Å²) in [5, 5.41) is 2.94. The van der Waals surface area contributed by atoms with Crippen LogP contribution in [0.25, 0.3) is 0 Å². The number of para-hydroxylation sites is 3. The summed E-state index contributed by atoms with van der Waals surface area (Å²) in [6.07, 6.45) is 0. The Labute approximate surface area is 166 Å². The molecule has 1 atom stereocenters. The zero-order chi connectivity index (χ0) is 20.1. The highest BCUT2D eigenvalue weighted by Crippen LogP contribution is 2.27. The maximum atomic E-state index is 12.8. The molecule has 0 radical (unpaired) electrons. The maximum absolute atomic E-state index is 12.8. The first kappa shape index (κ1) is 19.9. The molecule has 2 N–H and O–H groups in total. The van der Waals surface area contributed by atoms with E-state index in [1.165, 1.54) is 11.8 Å². The minimum Gasteiger partial charge on any atom is -0.495 e. The number of methoxy groups -OCH3 is 1. The van der Waals surface area contributed by atoms with E-state index in [2.05, 4.69) is 16.3 Å². The Bertz CT molecular complexity index is 844. The number of quaternary nitrogens is 1. The first-order valence-corrected chi connectivity index (χ1v) is 9.64. The number of amides is 1. The molecule has 6 nitrogen and oxygen atoms in total. The number of hydrogen-bond donors (Lipinski definition) is 2. The molecule has 1 amide bonds. The topological polar surface area (TPSA) is 63.1 Å². The third-order valence-electron chi connectivity index (χ3n) is 5.40. The van der Waals surface area contributed by atoms with E-state index in [-0.39, 0.29) is 17.7 Å². The predicted octanol–water partition coefficient (Wildman–Crippen LogP) is 1.63. The molecule has 6 heteroatoms. The lowest BCUT2D eigenvalue weighted by molar-refractivity contribution is -0.914. The molecular formula is C22H28N3O3+. The molecule has 1 saturated heterocycles. The molecule has 0 aromatic heterocycles. The Hall–Kier alpha value is -2.86. The molecule has 3 rings (SSSR count). The van der Waals surface area contributed by atoms with E-state index in [1.807, 2.05) is 31.2 Å². The van der Waals surface area contributed by atoms with Gasteiger partial charge >= 0.3 is 0 Å². The summed E-state index contributed by atoms with van der Waals surface area (Å²) in [6, 6.07) is 15.0. The molecule has 2 aromatic carbocycles. The van der Waals surface area contributed by atoms with Crippen LogP contribution >= 0.6 is 0 Å². The summed E-state index contributed by atoms with van der Waals surface area (Å²) in [6.45, 7) is 6.90. The van der Waals surface area contributed by atoms with Crippen molar-refractivity contribution in [2.45, 2.75) is 19.9 Å². The van der Waals surface area contributed by atoms with Crippen LogP contribution in [0.3, 0.4) is 0 Å². The zero-order valence-corrected chi connectivity index (χ0v) is 16.7. The van der Waals surface area contributed by atoms with Gasteiger partial charge in [-0.3, -0.25) is 9.59 Å². The van der Waals surface area contributed by atoms with Gasteiger partial charge in [-0.05, 0) is 38.1 Å². The Morgan fingerprint density at radius 1 is 1.07 bits per heavy atom. The Morgan fingerprint density at radius 2 is 1.71 bits per heavy atom. The van der Waals surface area contributed by atoms with Crippen molar-refractivity contribution in [3.05, 3.63) is 54.1 Å². The normalized spacial score (nSPS) is 15.8. The van der Waals surface area contributed by atoms with E-state index in [0.29, 0.717) is 11.3 Å². The third kappa shape index (κ3) is 4.34. The number of ketones is 1. The third-order valence-corrected chi connectivity index (χ3v) is 5.40. The SMILES string of the molecule is COc1ccccc1N1CC[NH+]([C@H](C)C(=O)Nc2ccccc2C(C)=O)CC1. The summed E-state index contributed by atoms with van der Waals surface area (Å²) >= 11 is 0. The number of ether oxygens (including phenoxy) is 1. The molecule has 0 aliphatic carbocycles. The van der Waals surface area contributed by atoms with Gasteiger partial charge in [-0.2, -0.15) is 0 Å². The van der Waals surface area contributed by atoms with Gasteiger partial charge in [-0.25, -0.2) is 0 Å². The van der Waals surface area contributed by atoms with Gasteiger partial charge in [0.15, 0.2) is 11.8 Å². The van der Waals surface area contributed by atoms with Gasteiger partial charge < -0.3 is 19.9 Å². The average molecular weight is 382 g/mol. The van der Waals surface area contributed by atoms with Crippen LogP contribution < -0.4 is 19.9 Å². The Morgan fingerprint density at radius 3 is 2.39 bits per heavy atom. The van der Waals surface area contributed by atoms with Crippen molar-refractivity contribution in [1.82, 2.24) is 0 Å². The number of rotatable bonds is 6. The van der Waals surface area contributed by atoms with Crippen molar-refractivity contribution < 1.29 is 19.2 Å². The number of anilines is 2. The van der Waals surface area contributed by atoms with E-state index in [1.54, 1.807) is 25.3 Å².